The average molecular weight is 453 g/mol. The number of rotatable bonds is 1. The summed E-state index contributed by atoms with van der Waals surface area (Å²) < 4.78 is 9.38. The van der Waals surface area contributed by atoms with Gasteiger partial charge in [0.15, 0.2) is 17.2 Å². The molecule has 168 valence electrons. The highest BCUT2D eigenvalue weighted by atomic mass is 16.5. The topological polar surface area (TPSA) is 123 Å². The van der Waals surface area contributed by atoms with Crippen LogP contribution in [0.15, 0.2) is 24.4 Å². The normalized spacial score (nSPS) is 21.8. The van der Waals surface area contributed by atoms with Gasteiger partial charge in [0.2, 0.25) is 0 Å². The summed E-state index contributed by atoms with van der Waals surface area (Å²) in [5.41, 5.74) is 4.03. The van der Waals surface area contributed by atoms with Crippen LogP contribution in [-0.4, -0.2) is 70.4 Å². The minimum absolute atomic E-state index is 0.251. The largest absolute Gasteiger partial charge is 0.385 e. The van der Waals surface area contributed by atoms with Crippen LogP contribution in [0.4, 0.5) is 17.2 Å². The zero-order valence-corrected chi connectivity index (χ0v) is 18.7. The maximum Gasteiger partial charge on any atom is 0.271 e. The van der Waals surface area contributed by atoms with Crippen LogP contribution in [0.3, 0.4) is 0 Å². The number of imidazole rings is 1. The van der Waals surface area contributed by atoms with Gasteiger partial charge in [-0.05, 0) is 37.0 Å². The van der Waals surface area contributed by atoms with Gasteiger partial charge in [0.25, 0.3) is 5.91 Å². The maximum absolute atomic E-state index is 13.2. The van der Waals surface area contributed by atoms with Crippen molar-refractivity contribution in [3.8, 4) is 0 Å². The Balaban J connectivity index is 1.60. The lowest BCUT2D eigenvalue weighted by atomic mass is 9.61. The lowest BCUT2D eigenvalue weighted by molar-refractivity contribution is -0.00594. The number of amides is 1. The van der Waals surface area contributed by atoms with Gasteiger partial charge in [-0.25, -0.2) is 14.2 Å². The van der Waals surface area contributed by atoms with E-state index in [2.05, 4.69) is 36.3 Å². The number of aryl methyl sites for hydroxylation is 1. The molecule has 4 bridgehead atoms. The number of nitrogens with zero attached hydrogens (tertiary/aromatic N) is 6. The highest BCUT2D eigenvalue weighted by Crippen LogP contribution is 2.34. The Morgan fingerprint density at radius 2 is 2.12 bits per heavy atom. The van der Waals surface area contributed by atoms with E-state index in [0.717, 1.165) is 24.8 Å². The summed E-state index contributed by atoms with van der Waals surface area (Å²) in [7, 11) is 16.6. The van der Waals surface area contributed by atoms with E-state index in [4.69, 9.17) is 20.4 Å². The molecule has 4 aromatic rings. The second kappa shape index (κ2) is 7.45. The zero-order chi connectivity index (χ0) is 23.6. The molecule has 4 heterocycles. The summed E-state index contributed by atoms with van der Waals surface area (Å²) >= 11 is 0. The molecule has 4 radical (unpaired) electrons. The molecule has 1 amide bonds. The van der Waals surface area contributed by atoms with Gasteiger partial charge >= 0.3 is 0 Å². The van der Waals surface area contributed by atoms with Gasteiger partial charge in [-0.2, -0.15) is 0 Å². The second-order valence-corrected chi connectivity index (χ2v) is 8.76. The summed E-state index contributed by atoms with van der Waals surface area (Å²) in [5.74, 6) is 0.163. The van der Waals surface area contributed by atoms with E-state index in [1.807, 2.05) is 6.07 Å². The smallest absolute Gasteiger partial charge is 0.271 e. The van der Waals surface area contributed by atoms with Crippen LogP contribution in [0.2, 0.25) is 0 Å². The Labute approximate surface area is 197 Å². The number of benzene rings is 1. The Hall–Kier alpha value is -3.60. The van der Waals surface area contributed by atoms with Gasteiger partial charge in [-0.15, -0.1) is 10.2 Å². The molecule has 1 fully saturated rings. The van der Waals surface area contributed by atoms with Gasteiger partial charge in [0.1, 0.15) is 21.2 Å². The quantitative estimate of drug-likeness (QED) is 0.364. The van der Waals surface area contributed by atoms with Crippen molar-refractivity contribution < 1.29 is 9.53 Å². The highest BCUT2D eigenvalue weighted by molar-refractivity contribution is 6.39. The first-order valence-electron chi connectivity index (χ1n) is 11.1. The van der Waals surface area contributed by atoms with Crippen molar-refractivity contribution in [1.82, 2.24) is 34.9 Å². The molecule has 2 aliphatic rings. The predicted octanol–water partition coefficient (Wildman–Crippen LogP) is 0.925. The highest BCUT2D eigenvalue weighted by Gasteiger charge is 2.36. The zero-order valence-electron chi connectivity index (χ0n) is 18.7. The second-order valence-electron chi connectivity index (χ2n) is 8.76. The maximum atomic E-state index is 13.2. The van der Waals surface area contributed by atoms with Crippen LogP contribution >= 0.6 is 0 Å². The number of carbonyl (C=O) groups is 1. The van der Waals surface area contributed by atoms with E-state index in [1.54, 1.807) is 30.9 Å². The molecule has 1 aromatic carbocycles. The Kier molecular flexibility index (Phi) is 4.60. The van der Waals surface area contributed by atoms with Crippen molar-refractivity contribution in [1.29, 1.82) is 0 Å². The van der Waals surface area contributed by atoms with E-state index in [9.17, 15) is 4.79 Å². The third-order valence-electron chi connectivity index (χ3n) is 6.52. The monoisotopic (exact) mass is 453 g/mol. The lowest BCUT2D eigenvalue weighted by Gasteiger charge is -2.34. The Bertz CT molecular complexity index is 1450. The van der Waals surface area contributed by atoms with E-state index in [1.165, 1.54) is 10.7 Å². The summed E-state index contributed by atoms with van der Waals surface area (Å²) in [6.07, 6.45) is 3.51. The number of aromatic nitrogens is 6. The molecular formula is C21H21B2N9O2. The minimum Gasteiger partial charge on any atom is -0.385 e. The molecule has 0 saturated heterocycles. The van der Waals surface area contributed by atoms with Crippen LogP contribution < -0.4 is 16.0 Å². The van der Waals surface area contributed by atoms with Gasteiger partial charge in [-0.1, -0.05) is 5.21 Å². The molecule has 0 spiro atoms. The third-order valence-corrected chi connectivity index (χ3v) is 6.52. The van der Waals surface area contributed by atoms with Crippen molar-refractivity contribution in [2.75, 3.05) is 17.7 Å². The Morgan fingerprint density at radius 1 is 1.26 bits per heavy atom. The third kappa shape index (κ3) is 3.22. The number of hydrogen-bond donors (Lipinski definition) is 3. The van der Waals surface area contributed by atoms with Gasteiger partial charge in [0.05, 0.1) is 35.2 Å². The van der Waals surface area contributed by atoms with Gasteiger partial charge in [0, 0.05) is 25.6 Å². The lowest BCUT2D eigenvalue weighted by Crippen LogP contribution is -2.46. The summed E-state index contributed by atoms with van der Waals surface area (Å²) in [6.45, 7) is 0. The number of ether oxygens (including phenoxy) is 1. The van der Waals surface area contributed by atoms with Crippen molar-refractivity contribution in [3.05, 3.63) is 35.7 Å². The van der Waals surface area contributed by atoms with Crippen LogP contribution in [0, 0.1) is 0 Å². The average Bonchev–Trinajstić information content (AvgIpc) is 3.52. The fourth-order valence-electron chi connectivity index (χ4n) is 4.75. The molecule has 3 N–H and O–H groups in total. The number of carbonyl (C=O) groups excluding carboxylic acids is 1. The molecule has 1 saturated carbocycles. The van der Waals surface area contributed by atoms with Gasteiger partial charge < -0.3 is 20.7 Å². The molecule has 2 atom stereocenters. The predicted molar refractivity (Wildman–Crippen MR) is 127 cm³/mol. The van der Waals surface area contributed by atoms with Crippen LogP contribution in [-0.2, 0) is 17.2 Å². The van der Waals surface area contributed by atoms with Crippen molar-refractivity contribution >= 4 is 55.5 Å². The SMILES string of the molecule is [B]C1([B])O[C@H]2CCC[C@H]2NC(=O)c2cnc3c(NC)cc(nn23)Nc2cc1cc1c2nnn1C. The first kappa shape index (κ1) is 21.0. The van der Waals surface area contributed by atoms with Gasteiger partial charge in [-0.3, -0.25) is 4.79 Å². The Morgan fingerprint density at radius 3 is 2.94 bits per heavy atom. The molecule has 3 aromatic heterocycles. The van der Waals surface area contributed by atoms with E-state index < -0.39 is 5.40 Å². The molecular weight excluding hydrogens is 432 g/mol. The number of anilines is 3. The minimum atomic E-state index is -1.60. The van der Waals surface area contributed by atoms with Crippen molar-refractivity contribution in [3.63, 3.8) is 0 Å². The van der Waals surface area contributed by atoms with E-state index >= 15 is 0 Å². The summed E-state index contributed by atoms with van der Waals surface area (Å²) in [4.78, 5) is 17.6. The van der Waals surface area contributed by atoms with Crippen LogP contribution in [0.25, 0.3) is 16.7 Å². The molecule has 11 nitrogen and oxygen atoms in total. The summed E-state index contributed by atoms with van der Waals surface area (Å²) in [6, 6.07) is 5.16. The van der Waals surface area contributed by atoms with Crippen molar-refractivity contribution in [2.45, 2.75) is 36.8 Å². The number of nitrogens with one attached hydrogen (secondary N) is 3. The van der Waals surface area contributed by atoms with Crippen molar-refractivity contribution in [2.24, 2.45) is 7.05 Å². The first-order valence-corrected chi connectivity index (χ1v) is 11.1. The molecule has 1 aliphatic heterocycles. The van der Waals surface area contributed by atoms with Crippen LogP contribution in [0.5, 0.6) is 0 Å². The molecule has 34 heavy (non-hydrogen) atoms. The molecule has 0 unspecified atom stereocenters. The fraction of sp³-hybridized carbons (Fsp3) is 0.381. The summed E-state index contributed by atoms with van der Waals surface area (Å²) in [5, 5.41) is 20.9. The standard InChI is InChI=1S/C21H21B2N9O2/c1-24-13-8-17-26-12-6-10(7-14-18(12)28-30-31(14)2)21(22,23)34-16-5-3-4-11(16)27-20(33)15-9-25-19(13)32(15)29-17/h6-9,11,16,24H,3-5H2,1-2H3,(H,26,29)(H,27,33)/t11-,16+/m1/s1. The molecule has 1 aliphatic carbocycles. The number of fused-ring (bicyclic) bond motifs is 6. The van der Waals surface area contributed by atoms with E-state index in [0.29, 0.717) is 39.6 Å². The first-order chi connectivity index (χ1) is 16.3. The van der Waals surface area contributed by atoms with Crippen LogP contribution in [0.1, 0.15) is 35.3 Å². The molecule has 13 heteroatoms. The fourth-order valence-corrected chi connectivity index (χ4v) is 4.75. The molecule has 6 rings (SSSR count). The number of hydrogen-bond acceptors (Lipinski definition) is 8. The van der Waals surface area contributed by atoms with E-state index in [-0.39, 0.29) is 18.1 Å².